The Kier molecular flexibility index (Phi) is 6.20. The lowest BCUT2D eigenvalue weighted by molar-refractivity contribution is -0.138. The van der Waals surface area contributed by atoms with Gasteiger partial charge in [-0.3, -0.25) is 4.40 Å². The topological polar surface area (TPSA) is 67.6 Å². The molecule has 2 heterocycles. The molecule has 0 N–H and O–H groups in total. The molecule has 0 atom stereocenters. The first-order chi connectivity index (χ1) is 13.7. The fraction of sp³-hybridized carbons (Fsp3) is 0.333. The van der Waals surface area contributed by atoms with E-state index in [0.717, 1.165) is 17.8 Å². The third-order valence-corrected chi connectivity index (χ3v) is 7.39. The van der Waals surface area contributed by atoms with Crippen molar-refractivity contribution in [3.05, 3.63) is 53.7 Å². The number of benzene rings is 1. The summed E-state index contributed by atoms with van der Waals surface area (Å²) in [5.74, 6) is 0.0174. The summed E-state index contributed by atoms with van der Waals surface area (Å²) in [6.07, 6.45) is -3.05. The lowest BCUT2D eigenvalue weighted by Crippen LogP contribution is -2.30. The molecule has 0 fully saturated rings. The molecule has 6 nitrogen and oxygen atoms in total. The van der Waals surface area contributed by atoms with E-state index in [0.29, 0.717) is 23.9 Å². The molecule has 0 bridgehead atoms. The zero-order valence-electron chi connectivity index (χ0n) is 15.7. The van der Waals surface area contributed by atoms with Gasteiger partial charge >= 0.3 is 6.18 Å². The summed E-state index contributed by atoms with van der Waals surface area (Å²) in [4.78, 5) is 0.0750. The van der Waals surface area contributed by atoms with Gasteiger partial charge in [0.1, 0.15) is 0 Å². The lowest BCUT2D eigenvalue weighted by Gasteiger charge is -2.18. The second-order valence-corrected chi connectivity index (χ2v) is 8.99. The Balaban J connectivity index is 1.93. The van der Waals surface area contributed by atoms with Crippen LogP contribution in [0.25, 0.3) is 5.65 Å². The van der Waals surface area contributed by atoms with E-state index >= 15 is 0 Å². The van der Waals surface area contributed by atoms with Crippen LogP contribution in [0.2, 0.25) is 0 Å². The summed E-state index contributed by atoms with van der Waals surface area (Å²) in [7, 11) is -3.68. The highest BCUT2D eigenvalue weighted by Crippen LogP contribution is 2.34. The first-order valence-electron chi connectivity index (χ1n) is 8.81. The van der Waals surface area contributed by atoms with Crippen molar-refractivity contribution in [2.45, 2.75) is 35.8 Å². The molecular weight excluding hydrogens is 425 g/mol. The van der Waals surface area contributed by atoms with Gasteiger partial charge in [0.2, 0.25) is 10.0 Å². The highest BCUT2D eigenvalue weighted by molar-refractivity contribution is 7.98. The Morgan fingerprint density at radius 3 is 2.41 bits per heavy atom. The summed E-state index contributed by atoms with van der Waals surface area (Å²) in [5, 5.41) is 8.28. The van der Waals surface area contributed by atoms with E-state index in [1.807, 2.05) is 0 Å². The number of nitrogens with zero attached hydrogens (tertiary/aromatic N) is 4. The van der Waals surface area contributed by atoms with Crippen LogP contribution in [-0.2, 0) is 22.0 Å². The van der Waals surface area contributed by atoms with Crippen molar-refractivity contribution in [2.75, 3.05) is 13.1 Å². The van der Waals surface area contributed by atoms with Crippen LogP contribution in [0.15, 0.2) is 52.6 Å². The van der Waals surface area contributed by atoms with Gasteiger partial charge in [-0.15, -0.1) is 10.2 Å². The van der Waals surface area contributed by atoms with Crippen molar-refractivity contribution < 1.29 is 21.6 Å². The van der Waals surface area contributed by atoms with E-state index in [9.17, 15) is 21.6 Å². The number of thioether (sulfide) groups is 1. The minimum Gasteiger partial charge on any atom is -0.276 e. The molecule has 0 radical (unpaired) electrons. The molecule has 2 aromatic heterocycles. The smallest absolute Gasteiger partial charge is 0.276 e. The molecule has 0 spiro atoms. The summed E-state index contributed by atoms with van der Waals surface area (Å²) < 4.78 is 67.8. The van der Waals surface area contributed by atoms with Crippen molar-refractivity contribution in [3.8, 4) is 0 Å². The van der Waals surface area contributed by atoms with E-state index in [1.165, 1.54) is 39.2 Å². The zero-order chi connectivity index (χ0) is 21.2. The normalized spacial score (nSPS) is 12.8. The van der Waals surface area contributed by atoms with Crippen LogP contribution in [0.3, 0.4) is 0 Å². The third kappa shape index (κ3) is 4.41. The van der Waals surface area contributed by atoms with Crippen LogP contribution < -0.4 is 0 Å². The van der Waals surface area contributed by atoms with Gasteiger partial charge in [0.15, 0.2) is 10.8 Å². The second kappa shape index (κ2) is 8.33. The summed E-state index contributed by atoms with van der Waals surface area (Å²) in [6.45, 7) is 4.15. The summed E-state index contributed by atoms with van der Waals surface area (Å²) in [6, 6.07) is 8.31. The van der Waals surface area contributed by atoms with E-state index < -0.39 is 21.8 Å². The quantitative estimate of drug-likeness (QED) is 0.514. The predicted molar refractivity (Wildman–Crippen MR) is 104 cm³/mol. The molecule has 3 rings (SSSR count). The van der Waals surface area contributed by atoms with Crippen molar-refractivity contribution in [3.63, 3.8) is 0 Å². The number of rotatable bonds is 7. The Bertz CT molecular complexity index is 1110. The first kappa shape index (κ1) is 21.6. The summed E-state index contributed by atoms with van der Waals surface area (Å²) in [5.41, 5.74) is -0.171. The minimum absolute atomic E-state index is 0.0174. The van der Waals surface area contributed by atoms with Gasteiger partial charge in [-0.1, -0.05) is 43.8 Å². The molecule has 0 saturated heterocycles. The number of hydrogen-bond acceptors (Lipinski definition) is 5. The SMILES string of the molecule is CCN(CC)S(=O)(=O)c1ccc2nnc(SCc3ccccc3C(F)(F)F)n2c1. The first-order valence-corrected chi connectivity index (χ1v) is 11.2. The Labute approximate surface area is 170 Å². The molecule has 0 aliphatic heterocycles. The third-order valence-electron chi connectivity index (χ3n) is 4.37. The van der Waals surface area contributed by atoms with Crippen molar-refractivity contribution in [1.82, 2.24) is 18.9 Å². The van der Waals surface area contributed by atoms with Crippen LogP contribution in [0.1, 0.15) is 25.0 Å². The van der Waals surface area contributed by atoms with Gasteiger partial charge in [0.25, 0.3) is 0 Å². The van der Waals surface area contributed by atoms with Crippen LogP contribution >= 0.6 is 11.8 Å². The van der Waals surface area contributed by atoms with E-state index in [2.05, 4.69) is 10.2 Å². The molecule has 0 amide bonds. The molecule has 0 unspecified atom stereocenters. The largest absolute Gasteiger partial charge is 0.416 e. The molecular formula is C18H19F3N4O2S2. The zero-order valence-corrected chi connectivity index (χ0v) is 17.4. The fourth-order valence-corrected chi connectivity index (χ4v) is 5.26. The van der Waals surface area contributed by atoms with Gasteiger partial charge in [-0.25, -0.2) is 8.42 Å². The van der Waals surface area contributed by atoms with Gasteiger partial charge < -0.3 is 0 Å². The maximum absolute atomic E-state index is 13.2. The minimum atomic E-state index is -4.45. The number of sulfonamides is 1. The molecule has 3 aromatic rings. The van der Waals surface area contributed by atoms with Crippen molar-refractivity contribution in [1.29, 1.82) is 0 Å². The molecule has 0 aliphatic carbocycles. The average molecular weight is 445 g/mol. The van der Waals surface area contributed by atoms with Crippen LogP contribution in [-0.4, -0.2) is 40.4 Å². The van der Waals surface area contributed by atoms with Gasteiger partial charge in [-0.05, 0) is 23.8 Å². The van der Waals surface area contributed by atoms with Crippen LogP contribution in [0.5, 0.6) is 0 Å². The maximum atomic E-state index is 13.2. The van der Waals surface area contributed by atoms with Gasteiger partial charge in [0.05, 0.1) is 10.5 Å². The number of hydrogen-bond donors (Lipinski definition) is 0. The summed E-state index contributed by atoms with van der Waals surface area (Å²) >= 11 is 1.06. The maximum Gasteiger partial charge on any atom is 0.416 e. The number of pyridine rings is 1. The highest BCUT2D eigenvalue weighted by atomic mass is 32.2. The Hall–Kier alpha value is -2.11. The van der Waals surface area contributed by atoms with Crippen molar-refractivity contribution >= 4 is 27.4 Å². The molecule has 0 saturated carbocycles. The van der Waals surface area contributed by atoms with Crippen LogP contribution in [0.4, 0.5) is 13.2 Å². The number of fused-ring (bicyclic) bond motifs is 1. The monoisotopic (exact) mass is 444 g/mol. The van der Waals surface area contributed by atoms with E-state index in [4.69, 9.17) is 0 Å². The second-order valence-electron chi connectivity index (χ2n) is 6.11. The van der Waals surface area contributed by atoms with Crippen LogP contribution in [0, 0.1) is 0 Å². The van der Waals surface area contributed by atoms with Crippen molar-refractivity contribution in [2.24, 2.45) is 0 Å². The molecule has 0 aliphatic rings. The Morgan fingerprint density at radius 1 is 1.07 bits per heavy atom. The number of aromatic nitrogens is 3. The fourth-order valence-electron chi connectivity index (χ4n) is 2.88. The average Bonchev–Trinajstić information content (AvgIpc) is 3.09. The van der Waals surface area contributed by atoms with E-state index in [-0.39, 0.29) is 16.2 Å². The Morgan fingerprint density at radius 2 is 1.76 bits per heavy atom. The van der Waals surface area contributed by atoms with Gasteiger partial charge in [-0.2, -0.15) is 17.5 Å². The number of halogens is 3. The predicted octanol–water partition coefficient (Wildman–Crippen LogP) is 4.07. The molecule has 11 heteroatoms. The van der Waals surface area contributed by atoms with Gasteiger partial charge in [0, 0.05) is 25.0 Å². The lowest BCUT2D eigenvalue weighted by atomic mass is 10.1. The van der Waals surface area contributed by atoms with E-state index in [1.54, 1.807) is 19.9 Å². The standard InChI is InChI=1S/C18H19F3N4O2S2/c1-3-24(4-2)29(26,27)14-9-10-16-22-23-17(25(16)11-14)28-12-13-7-5-6-8-15(13)18(19,20)21/h5-11H,3-4,12H2,1-2H3. The molecule has 1 aromatic carbocycles. The molecule has 29 heavy (non-hydrogen) atoms. The number of alkyl halides is 3. The highest BCUT2D eigenvalue weighted by Gasteiger charge is 2.33. The molecule has 156 valence electrons.